The van der Waals surface area contributed by atoms with Crippen molar-refractivity contribution in [1.29, 1.82) is 0 Å². The van der Waals surface area contributed by atoms with E-state index in [-0.39, 0.29) is 16.5 Å². The highest BCUT2D eigenvalue weighted by molar-refractivity contribution is 9.10. The van der Waals surface area contributed by atoms with Gasteiger partial charge in [-0.2, -0.15) is 18.3 Å². The topological polar surface area (TPSA) is 67.2 Å². The molecule has 1 rings (SSSR count). The molecule has 0 radical (unpaired) electrons. The number of aliphatic hydroxyl groups is 1. The summed E-state index contributed by atoms with van der Waals surface area (Å²) in [4.78, 5) is 11.8. The molecule has 5 nitrogen and oxygen atoms in total. The van der Waals surface area contributed by atoms with E-state index in [1.165, 1.54) is 6.20 Å². The van der Waals surface area contributed by atoms with E-state index in [4.69, 9.17) is 5.11 Å². The van der Waals surface area contributed by atoms with E-state index in [0.29, 0.717) is 23.3 Å². The van der Waals surface area contributed by atoms with Gasteiger partial charge in [-0.15, -0.1) is 0 Å². The Kier molecular flexibility index (Phi) is 5.80. The molecule has 0 bridgehead atoms. The monoisotopic (exact) mass is 371 g/mol. The lowest BCUT2D eigenvalue weighted by Crippen LogP contribution is -2.32. The number of rotatable bonds is 6. The van der Waals surface area contributed by atoms with E-state index in [1.807, 2.05) is 13.8 Å². The molecule has 1 aromatic rings. The SMILES string of the molecule is CC(C)(CCO)CNc1cnn(CC(F)(F)F)c(=O)c1Br. The summed E-state index contributed by atoms with van der Waals surface area (Å²) in [6.45, 7) is 2.88. The molecule has 0 unspecified atom stereocenters. The van der Waals surface area contributed by atoms with Crippen LogP contribution < -0.4 is 10.9 Å². The summed E-state index contributed by atoms with van der Waals surface area (Å²) in [6.07, 6.45) is -2.78. The number of alkyl halides is 3. The number of nitrogens with one attached hydrogen (secondary N) is 1. The Balaban J connectivity index is 2.88. The predicted molar refractivity (Wildman–Crippen MR) is 76.2 cm³/mol. The van der Waals surface area contributed by atoms with Gasteiger partial charge in [-0.05, 0) is 27.8 Å². The first-order chi connectivity index (χ1) is 9.56. The van der Waals surface area contributed by atoms with Gasteiger partial charge in [0.1, 0.15) is 11.0 Å². The Morgan fingerprint density at radius 2 is 2.05 bits per heavy atom. The number of aliphatic hydroxyl groups excluding tert-OH is 1. The molecule has 0 spiro atoms. The van der Waals surface area contributed by atoms with Crippen molar-refractivity contribution in [1.82, 2.24) is 9.78 Å². The van der Waals surface area contributed by atoms with Crippen molar-refractivity contribution in [3.8, 4) is 0 Å². The average Bonchev–Trinajstić information content (AvgIpc) is 2.32. The fraction of sp³-hybridized carbons (Fsp3) is 0.667. The molecule has 0 aromatic carbocycles. The van der Waals surface area contributed by atoms with Crippen molar-refractivity contribution in [2.75, 3.05) is 18.5 Å². The van der Waals surface area contributed by atoms with Crippen LogP contribution in [0.1, 0.15) is 20.3 Å². The summed E-state index contributed by atoms with van der Waals surface area (Å²) < 4.78 is 37.2. The van der Waals surface area contributed by atoms with E-state index >= 15 is 0 Å². The molecule has 0 fully saturated rings. The molecule has 1 heterocycles. The number of hydrogen-bond acceptors (Lipinski definition) is 4. The van der Waals surface area contributed by atoms with Crippen LogP contribution in [0.3, 0.4) is 0 Å². The lowest BCUT2D eigenvalue weighted by Gasteiger charge is -2.24. The quantitative estimate of drug-likeness (QED) is 0.805. The van der Waals surface area contributed by atoms with Gasteiger partial charge in [0.2, 0.25) is 0 Å². The predicted octanol–water partition coefficient (Wildman–Crippen LogP) is 2.39. The van der Waals surface area contributed by atoms with Crippen molar-refractivity contribution in [2.24, 2.45) is 5.41 Å². The second kappa shape index (κ2) is 6.78. The lowest BCUT2D eigenvalue weighted by atomic mass is 9.90. The van der Waals surface area contributed by atoms with Crippen LogP contribution >= 0.6 is 15.9 Å². The molecular formula is C12H17BrF3N3O2. The number of nitrogens with zero attached hydrogens (tertiary/aromatic N) is 2. The summed E-state index contributed by atoms with van der Waals surface area (Å²) in [5, 5.41) is 15.4. The van der Waals surface area contributed by atoms with Crippen LogP contribution in [-0.2, 0) is 6.54 Å². The summed E-state index contributed by atoms with van der Waals surface area (Å²) in [7, 11) is 0. The van der Waals surface area contributed by atoms with Gasteiger partial charge in [0, 0.05) is 13.2 Å². The van der Waals surface area contributed by atoms with Crippen molar-refractivity contribution >= 4 is 21.6 Å². The average molecular weight is 372 g/mol. The van der Waals surface area contributed by atoms with Crippen LogP contribution in [0.2, 0.25) is 0 Å². The number of hydrogen-bond donors (Lipinski definition) is 2. The third kappa shape index (κ3) is 5.66. The van der Waals surface area contributed by atoms with Crippen molar-refractivity contribution in [2.45, 2.75) is 33.0 Å². The van der Waals surface area contributed by atoms with Crippen molar-refractivity contribution in [3.63, 3.8) is 0 Å². The fourth-order valence-corrected chi connectivity index (χ4v) is 2.04. The van der Waals surface area contributed by atoms with Gasteiger partial charge in [-0.3, -0.25) is 4.79 Å². The fourth-order valence-electron chi connectivity index (χ4n) is 1.60. The van der Waals surface area contributed by atoms with Crippen LogP contribution in [-0.4, -0.2) is 34.2 Å². The summed E-state index contributed by atoms with van der Waals surface area (Å²) in [5.74, 6) is 0. The second-order valence-electron chi connectivity index (χ2n) is 5.44. The molecule has 21 heavy (non-hydrogen) atoms. The molecule has 0 aliphatic carbocycles. The van der Waals surface area contributed by atoms with E-state index in [1.54, 1.807) is 0 Å². The first-order valence-electron chi connectivity index (χ1n) is 6.23. The van der Waals surface area contributed by atoms with E-state index in [0.717, 1.165) is 0 Å². The highest BCUT2D eigenvalue weighted by atomic mass is 79.9. The minimum atomic E-state index is -4.51. The van der Waals surface area contributed by atoms with E-state index in [9.17, 15) is 18.0 Å². The van der Waals surface area contributed by atoms with Gasteiger partial charge in [-0.1, -0.05) is 13.8 Å². The van der Waals surface area contributed by atoms with E-state index < -0.39 is 18.3 Å². The maximum absolute atomic E-state index is 12.3. The molecule has 1 aromatic heterocycles. The number of aromatic nitrogens is 2. The molecule has 0 saturated heterocycles. The van der Waals surface area contributed by atoms with E-state index in [2.05, 4.69) is 26.3 Å². The number of anilines is 1. The van der Waals surface area contributed by atoms with Gasteiger partial charge in [0.05, 0.1) is 11.9 Å². The molecule has 0 atom stereocenters. The van der Waals surface area contributed by atoms with Crippen LogP contribution in [0, 0.1) is 5.41 Å². The maximum atomic E-state index is 12.3. The molecule has 0 amide bonds. The standard InChI is InChI=1S/C12H17BrF3N3O2/c1-11(2,3-4-20)6-17-8-5-18-19(7-12(14,15)16)10(21)9(8)13/h5,17,20H,3-4,6-7H2,1-2H3. The zero-order valence-electron chi connectivity index (χ0n) is 11.7. The Morgan fingerprint density at radius 1 is 1.43 bits per heavy atom. The first kappa shape index (κ1) is 18.0. The maximum Gasteiger partial charge on any atom is 0.408 e. The minimum absolute atomic E-state index is 0.00143. The number of halogens is 4. The molecule has 120 valence electrons. The normalized spacial score (nSPS) is 12.5. The first-order valence-corrected chi connectivity index (χ1v) is 7.02. The van der Waals surface area contributed by atoms with Gasteiger partial charge >= 0.3 is 6.18 Å². The highest BCUT2D eigenvalue weighted by Gasteiger charge is 2.29. The molecule has 0 saturated carbocycles. The van der Waals surface area contributed by atoms with Crippen LogP contribution in [0.15, 0.2) is 15.5 Å². The van der Waals surface area contributed by atoms with Gasteiger partial charge in [0.25, 0.3) is 5.56 Å². The van der Waals surface area contributed by atoms with Crippen LogP contribution in [0.5, 0.6) is 0 Å². The highest BCUT2D eigenvalue weighted by Crippen LogP contribution is 2.23. The molecule has 0 aliphatic rings. The molecular weight excluding hydrogens is 355 g/mol. The molecule has 0 aliphatic heterocycles. The Labute approximate surface area is 128 Å². The largest absolute Gasteiger partial charge is 0.408 e. The van der Waals surface area contributed by atoms with Gasteiger partial charge in [-0.25, -0.2) is 4.68 Å². The van der Waals surface area contributed by atoms with Crippen LogP contribution in [0.25, 0.3) is 0 Å². The molecule has 2 N–H and O–H groups in total. The third-order valence-electron chi connectivity index (χ3n) is 2.86. The Hall–Kier alpha value is -1.09. The van der Waals surface area contributed by atoms with Gasteiger partial charge < -0.3 is 10.4 Å². The molecule has 9 heteroatoms. The zero-order chi connectivity index (χ0) is 16.3. The summed E-state index contributed by atoms with van der Waals surface area (Å²) in [6, 6.07) is 0. The van der Waals surface area contributed by atoms with Crippen molar-refractivity contribution < 1.29 is 18.3 Å². The van der Waals surface area contributed by atoms with Crippen molar-refractivity contribution in [3.05, 3.63) is 21.0 Å². The van der Waals surface area contributed by atoms with Crippen LogP contribution in [0.4, 0.5) is 18.9 Å². The Morgan fingerprint density at radius 3 is 2.57 bits per heavy atom. The van der Waals surface area contributed by atoms with Gasteiger partial charge in [0.15, 0.2) is 0 Å². The third-order valence-corrected chi connectivity index (χ3v) is 3.63. The Bertz CT molecular complexity index is 544. The summed E-state index contributed by atoms with van der Waals surface area (Å²) >= 11 is 2.99. The lowest BCUT2D eigenvalue weighted by molar-refractivity contribution is -0.143. The summed E-state index contributed by atoms with van der Waals surface area (Å²) in [5.41, 5.74) is -0.753. The minimum Gasteiger partial charge on any atom is -0.396 e. The smallest absolute Gasteiger partial charge is 0.396 e. The zero-order valence-corrected chi connectivity index (χ0v) is 13.3. The second-order valence-corrected chi connectivity index (χ2v) is 6.23.